The number of aromatic nitrogens is 1. The van der Waals surface area contributed by atoms with Gasteiger partial charge in [-0.15, -0.1) is 12.4 Å². The molecule has 0 atom stereocenters. The molecule has 0 fully saturated rings. The maximum absolute atomic E-state index is 13.2. The third-order valence-electron chi connectivity index (χ3n) is 5.34. The highest BCUT2D eigenvalue weighted by Crippen LogP contribution is 2.32. The second-order valence-electron chi connectivity index (χ2n) is 7.63. The van der Waals surface area contributed by atoms with Crippen LogP contribution in [-0.4, -0.2) is 46.9 Å². The Morgan fingerprint density at radius 2 is 1.88 bits per heavy atom. The number of halogens is 1. The molecule has 1 aromatic heterocycles. The van der Waals surface area contributed by atoms with Crippen LogP contribution in [0, 0.1) is 24.0 Å². The Morgan fingerprint density at radius 3 is 2.55 bits per heavy atom. The summed E-state index contributed by atoms with van der Waals surface area (Å²) in [5.74, 6) is -0.197. The molecule has 0 radical (unpaired) electrons. The summed E-state index contributed by atoms with van der Waals surface area (Å²) in [5, 5.41) is 11.7. The molecule has 7 nitrogen and oxygen atoms in total. The highest BCUT2D eigenvalue weighted by atomic mass is 35.5. The van der Waals surface area contributed by atoms with Crippen LogP contribution in [0.2, 0.25) is 0 Å². The van der Waals surface area contributed by atoms with Gasteiger partial charge in [-0.1, -0.05) is 43.4 Å². The number of aryl methyl sites for hydroxylation is 2. The lowest BCUT2D eigenvalue weighted by atomic mass is 10.1. The van der Waals surface area contributed by atoms with Gasteiger partial charge in [0.2, 0.25) is 0 Å². The molecule has 0 aliphatic rings. The molecule has 1 amide bonds. The van der Waals surface area contributed by atoms with Crippen LogP contribution in [0.3, 0.4) is 0 Å². The van der Waals surface area contributed by atoms with Crippen LogP contribution < -0.4 is 4.90 Å². The van der Waals surface area contributed by atoms with E-state index < -0.39 is 4.92 Å². The first-order valence-electron chi connectivity index (χ1n) is 10.7. The van der Waals surface area contributed by atoms with Crippen LogP contribution in [-0.2, 0) is 4.79 Å². The molecule has 0 unspecified atom stereocenters. The Hall–Kier alpha value is -2.81. The van der Waals surface area contributed by atoms with Crippen LogP contribution in [0.1, 0.15) is 30.5 Å². The normalized spacial score (nSPS) is 11.2. The molecule has 0 saturated carbocycles. The van der Waals surface area contributed by atoms with E-state index in [1.807, 2.05) is 13.0 Å². The van der Waals surface area contributed by atoms with Crippen molar-refractivity contribution in [1.82, 2.24) is 9.88 Å². The van der Waals surface area contributed by atoms with E-state index in [0.29, 0.717) is 17.2 Å². The van der Waals surface area contributed by atoms with Crippen molar-refractivity contribution in [1.29, 1.82) is 0 Å². The monoisotopic (exact) mass is 488 g/mol. The number of carbonyl (C=O) groups is 1. The molecule has 176 valence electrons. The van der Waals surface area contributed by atoms with Crippen molar-refractivity contribution in [3.8, 4) is 0 Å². The maximum atomic E-state index is 13.2. The van der Waals surface area contributed by atoms with E-state index >= 15 is 0 Å². The van der Waals surface area contributed by atoms with Crippen LogP contribution in [0.4, 0.5) is 10.8 Å². The molecule has 3 aromatic rings. The summed E-state index contributed by atoms with van der Waals surface area (Å²) in [6.45, 7) is 11.3. The highest BCUT2D eigenvalue weighted by molar-refractivity contribution is 7.22. The van der Waals surface area contributed by atoms with Crippen molar-refractivity contribution in [2.24, 2.45) is 0 Å². The number of nitrogens with zero attached hydrogens (tertiary/aromatic N) is 4. The Balaban J connectivity index is 0.00000385. The van der Waals surface area contributed by atoms with Gasteiger partial charge in [0, 0.05) is 31.3 Å². The molecule has 1 heterocycles. The van der Waals surface area contributed by atoms with E-state index in [0.717, 1.165) is 41.0 Å². The van der Waals surface area contributed by atoms with Gasteiger partial charge in [0.25, 0.3) is 11.6 Å². The molecule has 9 heteroatoms. The number of likely N-dealkylation sites (N-methyl/N-ethyl adjacent to an activating group) is 1. The van der Waals surface area contributed by atoms with E-state index in [1.54, 1.807) is 23.1 Å². The number of anilines is 1. The van der Waals surface area contributed by atoms with E-state index in [2.05, 4.69) is 31.7 Å². The van der Waals surface area contributed by atoms with Gasteiger partial charge in [-0.2, -0.15) is 0 Å². The molecule has 0 aliphatic heterocycles. The molecular formula is C24H29ClN4O3S. The zero-order valence-corrected chi connectivity index (χ0v) is 20.9. The van der Waals surface area contributed by atoms with Crippen LogP contribution in [0.5, 0.6) is 0 Å². The lowest BCUT2D eigenvalue weighted by molar-refractivity contribution is -0.384. The molecule has 0 spiro atoms. The summed E-state index contributed by atoms with van der Waals surface area (Å²) in [5.41, 5.74) is 3.78. The molecule has 0 aliphatic carbocycles. The lowest BCUT2D eigenvalue weighted by Crippen LogP contribution is -2.38. The van der Waals surface area contributed by atoms with E-state index in [-0.39, 0.29) is 24.0 Å². The van der Waals surface area contributed by atoms with Gasteiger partial charge in [0.15, 0.2) is 5.13 Å². The maximum Gasteiger partial charge on any atom is 0.270 e. The van der Waals surface area contributed by atoms with Gasteiger partial charge in [0.1, 0.15) is 0 Å². The number of nitro groups is 1. The van der Waals surface area contributed by atoms with Gasteiger partial charge < -0.3 is 4.90 Å². The molecule has 0 bridgehead atoms. The number of nitro benzene ring substituents is 1. The number of rotatable bonds is 9. The average Bonchev–Trinajstić information content (AvgIpc) is 3.19. The number of benzene rings is 2. The minimum atomic E-state index is -0.443. The van der Waals surface area contributed by atoms with E-state index in [4.69, 9.17) is 4.98 Å². The second-order valence-corrected chi connectivity index (χ2v) is 8.61. The van der Waals surface area contributed by atoms with Crippen molar-refractivity contribution < 1.29 is 9.72 Å². The number of carbonyl (C=O) groups excluding carboxylic acids is 1. The van der Waals surface area contributed by atoms with Crippen molar-refractivity contribution in [3.05, 3.63) is 69.3 Å². The molecule has 3 rings (SSSR count). The lowest BCUT2D eigenvalue weighted by Gasteiger charge is -2.23. The summed E-state index contributed by atoms with van der Waals surface area (Å²) in [4.78, 5) is 32.5. The second kappa shape index (κ2) is 11.9. The van der Waals surface area contributed by atoms with Crippen molar-refractivity contribution in [2.45, 2.75) is 27.7 Å². The van der Waals surface area contributed by atoms with Crippen molar-refractivity contribution >= 4 is 56.8 Å². The van der Waals surface area contributed by atoms with Gasteiger partial charge in [-0.05, 0) is 55.8 Å². The van der Waals surface area contributed by atoms with Gasteiger partial charge in [-0.25, -0.2) is 4.98 Å². The van der Waals surface area contributed by atoms with Crippen molar-refractivity contribution in [2.75, 3.05) is 31.1 Å². The minimum Gasteiger partial charge on any atom is -0.302 e. The van der Waals surface area contributed by atoms with Gasteiger partial charge >= 0.3 is 0 Å². The Bertz CT molecular complexity index is 1160. The highest BCUT2D eigenvalue weighted by Gasteiger charge is 2.19. The fraction of sp³-hybridized carbons (Fsp3) is 0.333. The Morgan fingerprint density at radius 1 is 1.15 bits per heavy atom. The largest absolute Gasteiger partial charge is 0.302 e. The first-order chi connectivity index (χ1) is 15.3. The van der Waals surface area contributed by atoms with Gasteiger partial charge in [-0.3, -0.25) is 19.8 Å². The molecule has 0 saturated heterocycles. The fourth-order valence-corrected chi connectivity index (χ4v) is 4.61. The predicted molar refractivity (Wildman–Crippen MR) is 139 cm³/mol. The summed E-state index contributed by atoms with van der Waals surface area (Å²) in [6.07, 6.45) is 3.08. The number of thiazole rings is 1. The molecular weight excluding hydrogens is 460 g/mol. The SMILES string of the molecule is CCN(CC)CCN(C(=O)C=Cc1cccc([N+](=O)[O-])c1)c1nc2cc(C)cc(C)c2s1.Cl. The van der Waals surface area contributed by atoms with E-state index in [1.165, 1.54) is 29.5 Å². The fourth-order valence-electron chi connectivity index (χ4n) is 3.56. The molecule has 2 aromatic carbocycles. The first kappa shape index (κ1) is 26.4. The number of amides is 1. The predicted octanol–water partition coefficient (Wildman–Crippen LogP) is 5.63. The Labute approximate surface area is 204 Å². The summed E-state index contributed by atoms with van der Waals surface area (Å²) in [6, 6.07) is 10.4. The zero-order chi connectivity index (χ0) is 23.3. The number of hydrogen-bond acceptors (Lipinski definition) is 6. The Kier molecular flexibility index (Phi) is 9.52. The van der Waals surface area contributed by atoms with Crippen LogP contribution in [0.15, 0.2) is 42.5 Å². The van der Waals surface area contributed by atoms with E-state index in [9.17, 15) is 14.9 Å². The minimum absolute atomic E-state index is 0. The number of non-ortho nitro benzene ring substituents is 1. The van der Waals surface area contributed by atoms with Crippen molar-refractivity contribution in [3.63, 3.8) is 0 Å². The van der Waals surface area contributed by atoms with Crippen LogP contribution in [0.25, 0.3) is 16.3 Å². The number of hydrogen-bond donors (Lipinski definition) is 0. The quantitative estimate of drug-likeness (QED) is 0.221. The molecule has 33 heavy (non-hydrogen) atoms. The van der Waals surface area contributed by atoms with Gasteiger partial charge in [0.05, 0.1) is 15.1 Å². The average molecular weight is 489 g/mol. The first-order valence-corrected chi connectivity index (χ1v) is 11.5. The summed E-state index contributed by atoms with van der Waals surface area (Å²) >= 11 is 1.52. The summed E-state index contributed by atoms with van der Waals surface area (Å²) < 4.78 is 1.08. The van der Waals surface area contributed by atoms with Crippen LogP contribution >= 0.6 is 23.7 Å². The topological polar surface area (TPSA) is 79.6 Å². The third-order valence-corrected chi connectivity index (χ3v) is 6.57. The standard InChI is InChI=1S/C24H28N4O3S.ClH/c1-5-26(6-2)12-13-27(24-25-21-15-17(3)14-18(4)23(21)32-24)22(29)11-10-19-8-7-9-20(16-19)28(30)31;/h7-11,14-16H,5-6,12-13H2,1-4H3;1H. The molecule has 0 N–H and O–H groups in total. The zero-order valence-electron chi connectivity index (χ0n) is 19.3. The number of fused-ring (bicyclic) bond motifs is 1. The third kappa shape index (κ3) is 6.60. The smallest absolute Gasteiger partial charge is 0.270 e. The summed E-state index contributed by atoms with van der Waals surface area (Å²) in [7, 11) is 0.